The molecule has 0 aliphatic heterocycles. The summed E-state index contributed by atoms with van der Waals surface area (Å²) in [4.78, 5) is 4.21. The third-order valence-electron chi connectivity index (χ3n) is 3.38. The van der Waals surface area contributed by atoms with Gasteiger partial charge < -0.3 is 10.8 Å². The quantitative estimate of drug-likeness (QED) is 0.792. The predicted octanol–water partition coefficient (Wildman–Crippen LogP) is 0.247. The second kappa shape index (κ2) is 5.29. The second-order valence-electron chi connectivity index (χ2n) is 4.49. The van der Waals surface area contributed by atoms with Crippen LogP contribution in [-0.2, 0) is 18.9 Å². The highest BCUT2D eigenvalue weighted by Crippen LogP contribution is 2.26. The fourth-order valence-electron chi connectivity index (χ4n) is 2.08. The Balaban J connectivity index is 2.36. The zero-order valence-corrected chi connectivity index (χ0v) is 10.5. The van der Waals surface area contributed by atoms with E-state index < -0.39 is 5.41 Å². The van der Waals surface area contributed by atoms with Crippen LogP contribution in [0.1, 0.15) is 11.4 Å². The summed E-state index contributed by atoms with van der Waals surface area (Å²) in [7, 11) is 1.84. The molecule has 0 radical (unpaired) electrons. The van der Waals surface area contributed by atoms with E-state index in [1.54, 1.807) is 4.68 Å². The second-order valence-corrected chi connectivity index (χ2v) is 4.49. The van der Waals surface area contributed by atoms with Crippen molar-refractivity contribution in [3.63, 3.8) is 0 Å². The van der Waals surface area contributed by atoms with Gasteiger partial charge in [0.25, 0.3) is 0 Å². The maximum absolute atomic E-state index is 9.78. The van der Waals surface area contributed by atoms with E-state index in [1.807, 2.05) is 37.4 Å². The average molecular weight is 246 g/mol. The van der Waals surface area contributed by atoms with Crippen LogP contribution < -0.4 is 5.73 Å². The summed E-state index contributed by atoms with van der Waals surface area (Å²) in [5.41, 5.74) is 6.43. The zero-order chi connectivity index (χ0) is 13.0. The number of aryl methyl sites for hydroxylation is 1. The van der Waals surface area contributed by atoms with Crippen molar-refractivity contribution in [2.75, 3.05) is 13.2 Å². The highest BCUT2D eigenvalue weighted by Gasteiger charge is 2.32. The summed E-state index contributed by atoms with van der Waals surface area (Å²) < 4.78 is 1.71. The molecule has 1 heterocycles. The van der Waals surface area contributed by atoms with Gasteiger partial charge in [0, 0.05) is 25.4 Å². The van der Waals surface area contributed by atoms with Crippen molar-refractivity contribution in [2.24, 2.45) is 12.8 Å². The standard InChI is InChI=1S/C13H18N4O/c1-17-12(15-10-16-17)7-13(8-14,9-18)11-5-3-2-4-6-11/h2-6,10,18H,7-9,14H2,1H3. The first-order chi connectivity index (χ1) is 8.72. The van der Waals surface area contributed by atoms with E-state index in [9.17, 15) is 5.11 Å². The van der Waals surface area contributed by atoms with Crippen molar-refractivity contribution in [3.8, 4) is 0 Å². The van der Waals surface area contributed by atoms with Gasteiger partial charge in [0.05, 0.1) is 6.61 Å². The normalized spacial score (nSPS) is 14.4. The fourth-order valence-corrected chi connectivity index (χ4v) is 2.08. The molecule has 0 aliphatic rings. The van der Waals surface area contributed by atoms with Crippen LogP contribution in [0.4, 0.5) is 0 Å². The first kappa shape index (κ1) is 12.7. The molecule has 5 heteroatoms. The van der Waals surface area contributed by atoms with E-state index in [1.165, 1.54) is 6.33 Å². The lowest BCUT2D eigenvalue weighted by Crippen LogP contribution is -2.41. The molecule has 96 valence electrons. The maximum Gasteiger partial charge on any atom is 0.138 e. The lowest BCUT2D eigenvalue weighted by atomic mass is 9.78. The van der Waals surface area contributed by atoms with Crippen molar-refractivity contribution in [3.05, 3.63) is 48.0 Å². The largest absolute Gasteiger partial charge is 0.395 e. The summed E-state index contributed by atoms with van der Waals surface area (Å²) >= 11 is 0. The van der Waals surface area contributed by atoms with Crippen LogP contribution in [-0.4, -0.2) is 33.0 Å². The monoisotopic (exact) mass is 246 g/mol. The zero-order valence-electron chi connectivity index (χ0n) is 10.5. The van der Waals surface area contributed by atoms with Gasteiger partial charge in [0.2, 0.25) is 0 Å². The molecule has 0 aliphatic carbocycles. The number of benzene rings is 1. The van der Waals surface area contributed by atoms with Gasteiger partial charge in [-0.3, -0.25) is 4.68 Å². The Kier molecular flexibility index (Phi) is 3.74. The number of hydrogen-bond acceptors (Lipinski definition) is 4. The molecule has 1 aromatic heterocycles. The van der Waals surface area contributed by atoms with E-state index in [-0.39, 0.29) is 6.61 Å². The van der Waals surface area contributed by atoms with Crippen LogP contribution in [0.25, 0.3) is 0 Å². The Morgan fingerprint density at radius 3 is 2.56 bits per heavy atom. The molecule has 3 N–H and O–H groups in total. The smallest absolute Gasteiger partial charge is 0.138 e. The van der Waals surface area contributed by atoms with Crippen molar-refractivity contribution in [2.45, 2.75) is 11.8 Å². The van der Waals surface area contributed by atoms with Crippen molar-refractivity contribution < 1.29 is 5.11 Å². The van der Waals surface area contributed by atoms with Gasteiger partial charge in [0.1, 0.15) is 12.2 Å². The highest BCUT2D eigenvalue weighted by atomic mass is 16.3. The van der Waals surface area contributed by atoms with Crippen LogP contribution in [0.2, 0.25) is 0 Å². The van der Waals surface area contributed by atoms with Gasteiger partial charge in [-0.15, -0.1) is 0 Å². The molecule has 2 aromatic rings. The van der Waals surface area contributed by atoms with Gasteiger partial charge in [-0.25, -0.2) is 4.98 Å². The van der Waals surface area contributed by atoms with Gasteiger partial charge in [-0.1, -0.05) is 30.3 Å². The first-order valence-corrected chi connectivity index (χ1v) is 5.91. The van der Waals surface area contributed by atoms with Gasteiger partial charge in [0.15, 0.2) is 0 Å². The molecule has 1 aromatic carbocycles. The maximum atomic E-state index is 9.78. The predicted molar refractivity (Wildman–Crippen MR) is 69.0 cm³/mol. The van der Waals surface area contributed by atoms with Crippen LogP contribution in [0.3, 0.4) is 0 Å². The molecular formula is C13H18N4O. The molecule has 18 heavy (non-hydrogen) atoms. The van der Waals surface area contributed by atoms with Crippen LogP contribution in [0.15, 0.2) is 36.7 Å². The minimum Gasteiger partial charge on any atom is -0.395 e. The molecule has 1 atom stereocenters. The lowest BCUT2D eigenvalue weighted by Gasteiger charge is -2.30. The summed E-state index contributed by atoms with van der Waals surface area (Å²) in [5.74, 6) is 0.818. The Labute approximate surface area is 106 Å². The molecule has 2 rings (SSSR count). The molecule has 0 saturated carbocycles. The molecule has 1 unspecified atom stereocenters. The van der Waals surface area contributed by atoms with Crippen molar-refractivity contribution >= 4 is 0 Å². The minimum atomic E-state index is -0.498. The summed E-state index contributed by atoms with van der Waals surface area (Å²) in [6.07, 6.45) is 2.08. The number of rotatable bonds is 5. The summed E-state index contributed by atoms with van der Waals surface area (Å²) in [6.45, 7) is 0.348. The Morgan fingerprint density at radius 2 is 2.06 bits per heavy atom. The SMILES string of the molecule is Cn1ncnc1CC(CN)(CO)c1ccccc1. The lowest BCUT2D eigenvalue weighted by molar-refractivity contribution is 0.193. The highest BCUT2D eigenvalue weighted by molar-refractivity contribution is 5.27. The molecule has 0 amide bonds. The molecule has 0 saturated heterocycles. The minimum absolute atomic E-state index is 0.0135. The molecule has 0 bridgehead atoms. The van der Waals surface area contributed by atoms with Gasteiger partial charge in [-0.05, 0) is 5.56 Å². The van der Waals surface area contributed by atoms with E-state index in [0.717, 1.165) is 11.4 Å². The number of aromatic nitrogens is 3. The van der Waals surface area contributed by atoms with E-state index in [0.29, 0.717) is 13.0 Å². The summed E-state index contributed by atoms with van der Waals surface area (Å²) in [6, 6.07) is 9.82. The number of aliphatic hydroxyl groups excluding tert-OH is 1. The third-order valence-corrected chi connectivity index (χ3v) is 3.38. The molecule has 5 nitrogen and oxygen atoms in total. The number of nitrogens with two attached hydrogens (primary N) is 1. The van der Waals surface area contributed by atoms with E-state index >= 15 is 0 Å². The van der Waals surface area contributed by atoms with Crippen LogP contribution in [0, 0.1) is 0 Å². The Morgan fingerprint density at radius 1 is 1.33 bits per heavy atom. The Hall–Kier alpha value is -1.72. The number of nitrogens with zero attached hydrogens (tertiary/aromatic N) is 3. The first-order valence-electron chi connectivity index (χ1n) is 5.91. The van der Waals surface area contributed by atoms with Gasteiger partial charge in [-0.2, -0.15) is 5.10 Å². The molecular weight excluding hydrogens is 228 g/mol. The number of hydrogen-bond donors (Lipinski definition) is 2. The third kappa shape index (κ3) is 2.27. The fraction of sp³-hybridized carbons (Fsp3) is 0.385. The summed E-state index contributed by atoms with van der Waals surface area (Å²) in [5, 5.41) is 13.8. The number of aliphatic hydroxyl groups is 1. The van der Waals surface area contributed by atoms with E-state index in [2.05, 4.69) is 10.1 Å². The molecule has 0 spiro atoms. The van der Waals surface area contributed by atoms with Crippen molar-refractivity contribution in [1.82, 2.24) is 14.8 Å². The van der Waals surface area contributed by atoms with Crippen LogP contribution in [0.5, 0.6) is 0 Å². The van der Waals surface area contributed by atoms with Crippen LogP contribution >= 0.6 is 0 Å². The molecule has 0 fully saturated rings. The Bertz CT molecular complexity index is 491. The topological polar surface area (TPSA) is 77.0 Å². The van der Waals surface area contributed by atoms with E-state index in [4.69, 9.17) is 5.73 Å². The van der Waals surface area contributed by atoms with Gasteiger partial charge >= 0.3 is 0 Å². The average Bonchev–Trinajstić information content (AvgIpc) is 2.82. The van der Waals surface area contributed by atoms with Crippen molar-refractivity contribution in [1.29, 1.82) is 0 Å².